The molecule has 1 fully saturated rings. The number of amides is 1. The Morgan fingerprint density at radius 1 is 1.15 bits per heavy atom. The van der Waals surface area contributed by atoms with E-state index in [1.54, 1.807) is 19.2 Å². The van der Waals surface area contributed by atoms with Crippen molar-refractivity contribution in [1.82, 2.24) is 20.4 Å². The Labute approximate surface area is 158 Å². The van der Waals surface area contributed by atoms with Crippen molar-refractivity contribution >= 4 is 11.7 Å². The van der Waals surface area contributed by atoms with Crippen molar-refractivity contribution in [3.05, 3.63) is 47.7 Å². The lowest BCUT2D eigenvalue weighted by atomic mass is 10.2. The Morgan fingerprint density at radius 3 is 2.59 bits per heavy atom. The average molecular weight is 371 g/mol. The van der Waals surface area contributed by atoms with Crippen LogP contribution in [-0.2, 0) is 11.3 Å². The molecule has 0 unspecified atom stereocenters. The second kappa shape index (κ2) is 9.84. The Kier molecular flexibility index (Phi) is 6.95. The minimum Gasteiger partial charge on any atom is -0.497 e. The Bertz CT molecular complexity index is 715. The van der Waals surface area contributed by atoms with E-state index in [-0.39, 0.29) is 5.91 Å². The van der Waals surface area contributed by atoms with Gasteiger partial charge in [0.15, 0.2) is 5.69 Å². The van der Waals surface area contributed by atoms with Crippen LogP contribution in [0.2, 0.25) is 0 Å². The predicted octanol–water partition coefficient (Wildman–Crippen LogP) is 1.16. The highest BCUT2D eigenvalue weighted by Gasteiger charge is 2.10. The minimum atomic E-state index is -0.252. The van der Waals surface area contributed by atoms with Gasteiger partial charge in [0.05, 0.1) is 20.3 Å². The van der Waals surface area contributed by atoms with Gasteiger partial charge in [-0.1, -0.05) is 12.1 Å². The predicted molar refractivity (Wildman–Crippen MR) is 102 cm³/mol. The van der Waals surface area contributed by atoms with Crippen molar-refractivity contribution in [3.8, 4) is 5.75 Å². The van der Waals surface area contributed by atoms with Gasteiger partial charge in [-0.25, -0.2) is 0 Å². The maximum absolute atomic E-state index is 12.2. The van der Waals surface area contributed by atoms with Gasteiger partial charge >= 0.3 is 0 Å². The van der Waals surface area contributed by atoms with Crippen LogP contribution < -0.4 is 15.4 Å². The molecule has 27 heavy (non-hydrogen) atoms. The van der Waals surface area contributed by atoms with Crippen LogP contribution in [0.15, 0.2) is 36.4 Å². The van der Waals surface area contributed by atoms with Crippen molar-refractivity contribution in [2.75, 3.05) is 51.8 Å². The van der Waals surface area contributed by atoms with Crippen LogP contribution in [0.5, 0.6) is 5.75 Å². The maximum Gasteiger partial charge on any atom is 0.272 e. The normalized spacial score (nSPS) is 14.6. The summed E-state index contributed by atoms with van der Waals surface area (Å²) in [4.78, 5) is 14.5. The molecule has 8 heteroatoms. The van der Waals surface area contributed by atoms with Gasteiger partial charge < -0.3 is 20.1 Å². The third-order valence-electron chi connectivity index (χ3n) is 4.35. The summed E-state index contributed by atoms with van der Waals surface area (Å²) in [5, 5.41) is 14.1. The van der Waals surface area contributed by atoms with E-state index in [9.17, 15) is 4.79 Å². The van der Waals surface area contributed by atoms with E-state index in [2.05, 4.69) is 25.7 Å². The molecule has 0 bridgehead atoms. The fourth-order valence-corrected chi connectivity index (χ4v) is 2.73. The average Bonchev–Trinajstić information content (AvgIpc) is 2.73. The molecule has 2 N–H and O–H groups in total. The third kappa shape index (κ3) is 5.90. The number of carbonyl (C=O) groups is 1. The number of morpholine rings is 1. The number of rotatable bonds is 8. The van der Waals surface area contributed by atoms with Crippen LogP contribution in [-0.4, -0.2) is 67.5 Å². The van der Waals surface area contributed by atoms with Crippen LogP contribution in [0, 0.1) is 0 Å². The van der Waals surface area contributed by atoms with Crippen molar-refractivity contribution in [2.24, 2.45) is 0 Å². The standard InChI is InChI=1S/C19H25N5O3/c1-26-16-4-2-15(3-5-16)14-21-19(25)17-6-7-18(23-22-17)20-8-9-24-10-12-27-13-11-24/h2-7H,8-14H2,1H3,(H,20,23)(H,21,25). The number of benzene rings is 1. The zero-order chi connectivity index (χ0) is 18.9. The molecule has 2 heterocycles. The first-order valence-corrected chi connectivity index (χ1v) is 9.03. The van der Waals surface area contributed by atoms with Crippen molar-refractivity contribution in [3.63, 3.8) is 0 Å². The molecule has 1 aromatic carbocycles. The van der Waals surface area contributed by atoms with Crippen LogP contribution >= 0.6 is 0 Å². The molecule has 0 radical (unpaired) electrons. The van der Waals surface area contributed by atoms with E-state index in [0.29, 0.717) is 18.1 Å². The fraction of sp³-hybridized carbons (Fsp3) is 0.421. The Balaban J connectivity index is 1.42. The summed E-state index contributed by atoms with van der Waals surface area (Å²) in [5.74, 6) is 1.20. The lowest BCUT2D eigenvalue weighted by Gasteiger charge is -2.26. The number of methoxy groups -OCH3 is 1. The second-order valence-electron chi connectivity index (χ2n) is 6.22. The highest BCUT2D eigenvalue weighted by atomic mass is 16.5. The molecule has 1 aliphatic rings. The molecular formula is C19H25N5O3. The van der Waals surface area contributed by atoms with E-state index in [1.807, 2.05) is 24.3 Å². The topological polar surface area (TPSA) is 88.6 Å². The van der Waals surface area contributed by atoms with Gasteiger partial charge in [0, 0.05) is 32.7 Å². The number of nitrogens with zero attached hydrogens (tertiary/aromatic N) is 3. The summed E-state index contributed by atoms with van der Waals surface area (Å²) in [5.41, 5.74) is 1.28. The fourth-order valence-electron chi connectivity index (χ4n) is 2.73. The molecule has 144 valence electrons. The quantitative estimate of drug-likeness (QED) is 0.720. The number of hydrogen-bond acceptors (Lipinski definition) is 7. The summed E-state index contributed by atoms with van der Waals surface area (Å²) in [7, 11) is 1.62. The smallest absolute Gasteiger partial charge is 0.272 e. The largest absolute Gasteiger partial charge is 0.497 e. The van der Waals surface area contributed by atoms with Crippen LogP contribution in [0.4, 0.5) is 5.82 Å². The first-order chi connectivity index (χ1) is 13.2. The number of hydrogen-bond donors (Lipinski definition) is 2. The monoisotopic (exact) mass is 371 g/mol. The molecule has 0 spiro atoms. The second-order valence-corrected chi connectivity index (χ2v) is 6.22. The molecule has 1 aromatic heterocycles. The number of ether oxygens (including phenoxy) is 2. The summed E-state index contributed by atoms with van der Waals surface area (Å²) < 4.78 is 10.4. The van der Waals surface area contributed by atoms with E-state index >= 15 is 0 Å². The number of carbonyl (C=O) groups excluding carboxylic acids is 1. The number of nitrogens with one attached hydrogen (secondary N) is 2. The van der Waals surface area contributed by atoms with Crippen molar-refractivity contribution < 1.29 is 14.3 Å². The van der Waals surface area contributed by atoms with Crippen LogP contribution in [0.3, 0.4) is 0 Å². The third-order valence-corrected chi connectivity index (χ3v) is 4.35. The van der Waals surface area contributed by atoms with Crippen LogP contribution in [0.1, 0.15) is 16.1 Å². The molecule has 1 saturated heterocycles. The van der Waals surface area contributed by atoms with Crippen LogP contribution in [0.25, 0.3) is 0 Å². The van der Waals surface area contributed by atoms with Gasteiger partial charge in [0.2, 0.25) is 0 Å². The highest BCUT2D eigenvalue weighted by Crippen LogP contribution is 2.11. The zero-order valence-electron chi connectivity index (χ0n) is 15.5. The maximum atomic E-state index is 12.2. The molecule has 3 rings (SSSR count). The van der Waals surface area contributed by atoms with Gasteiger partial charge in [-0.15, -0.1) is 10.2 Å². The lowest BCUT2D eigenvalue weighted by molar-refractivity contribution is 0.0398. The number of anilines is 1. The van der Waals surface area contributed by atoms with Gasteiger partial charge in [-0.3, -0.25) is 9.69 Å². The van der Waals surface area contributed by atoms with E-state index in [1.165, 1.54) is 0 Å². The molecule has 0 aliphatic carbocycles. The SMILES string of the molecule is COc1ccc(CNC(=O)c2ccc(NCCN3CCOCC3)nn2)cc1. The molecule has 8 nitrogen and oxygen atoms in total. The first kappa shape index (κ1) is 19.1. The molecule has 2 aromatic rings. The molecular weight excluding hydrogens is 346 g/mol. The molecule has 1 amide bonds. The van der Waals surface area contributed by atoms with Gasteiger partial charge in [-0.2, -0.15) is 0 Å². The molecule has 0 atom stereocenters. The number of aromatic nitrogens is 2. The van der Waals surface area contributed by atoms with E-state index in [0.717, 1.165) is 50.7 Å². The molecule has 0 saturated carbocycles. The lowest BCUT2D eigenvalue weighted by Crippen LogP contribution is -2.39. The summed E-state index contributed by atoms with van der Waals surface area (Å²) in [6.07, 6.45) is 0. The Morgan fingerprint density at radius 2 is 1.93 bits per heavy atom. The van der Waals surface area contributed by atoms with E-state index in [4.69, 9.17) is 9.47 Å². The first-order valence-electron chi connectivity index (χ1n) is 9.03. The summed E-state index contributed by atoms with van der Waals surface area (Å²) in [6, 6.07) is 11.0. The van der Waals surface area contributed by atoms with Crippen molar-refractivity contribution in [1.29, 1.82) is 0 Å². The molecule has 1 aliphatic heterocycles. The van der Waals surface area contributed by atoms with Gasteiger partial charge in [-0.05, 0) is 29.8 Å². The minimum absolute atomic E-state index is 0.252. The zero-order valence-corrected chi connectivity index (χ0v) is 15.5. The summed E-state index contributed by atoms with van der Waals surface area (Å²) >= 11 is 0. The van der Waals surface area contributed by atoms with Crippen molar-refractivity contribution in [2.45, 2.75) is 6.54 Å². The van der Waals surface area contributed by atoms with Gasteiger partial charge in [0.1, 0.15) is 11.6 Å². The highest BCUT2D eigenvalue weighted by molar-refractivity contribution is 5.92. The summed E-state index contributed by atoms with van der Waals surface area (Å²) in [6.45, 7) is 5.62. The Hall–Kier alpha value is -2.71. The van der Waals surface area contributed by atoms with E-state index < -0.39 is 0 Å². The van der Waals surface area contributed by atoms with Gasteiger partial charge in [0.25, 0.3) is 5.91 Å².